The number of rotatable bonds is 3. The van der Waals surface area contributed by atoms with Gasteiger partial charge in [-0.3, -0.25) is 4.98 Å². The zero-order chi connectivity index (χ0) is 15.6. The van der Waals surface area contributed by atoms with Crippen molar-refractivity contribution in [2.75, 3.05) is 0 Å². The van der Waals surface area contributed by atoms with Crippen LogP contribution in [0, 0.1) is 0 Å². The summed E-state index contributed by atoms with van der Waals surface area (Å²) in [6.07, 6.45) is 7.46. The van der Waals surface area contributed by atoms with Crippen molar-refractivity contribution in [1.82, 2.24) is 4.98 Å². The third-order valence-corrected chi connectivity index (χ3v) is 4.61. The van der Waals surface area contributed by atoms with Crippen molar-refractivity contribution in [3.05, 3.63) is 95.3 Å². The second-order valence-corrected chi connectivity index (χ2v) is 5.95. The van der Waals surface area contributed by atoms with Crippen LogP contribution < -0.4 is 0 Å². The SMILES string of the molecule is CCc1ccc(-c2cccc3c2C=CC3c2ccccn2)cc1. The Hall–Kier alpha value is -2.67. The highest BCUT2D eigenvalue weighted by Crippen LogP contribution is 2.39. The average Bonchev–Trinajstić information content (AvgIpc) is 3.07. The number of aromatic nitrogens is 1. The van der Waals surface area contributed by atoms with Crippen LogP contribution in [0.1, 0.15) is 35.2 Å². The third kappa shape index (κ3) is 2.49. The second kappa shape index (κ2) is 5.85. The van der Waals surface area contributed by atoms with E-state index >= 15 is 0 Å². The minimum absolute atomic E-state index is 0.265. The molecule has 1 nitrogen and oxygen atoms in total. The Morgan fingerprint density at radius 2 is 1.78 bits per heavy atom. The fourth-order valence-corrected chi connectivity index (χ4v) is 3.33. The Morgan fingerprint density at radius 1 is 0.913 bits per heavy atom. The van der Waals surface area contributed by atoms with Gasteiger partial charge in [0.1, 0.15) is 0 Å². The highest BCUT2D eigenvalue weighted by Gasteiger charge is 2.22. The van der Waals surface area contributed by atoms with Crippen LogP contribution in [0.25, 0.3) is 17.2 Å². The molecule has 0 saturated heterocycles. The van der Waals surface area contributed by atoms with Gasteiger partial charge < -0.3 is 0 Å². The first-order chi connectivity index (χ1) is 11.4. The zero-order valence-electron chi connectivity index (χ0n) is 13.2. The van der Waals surface area contributed by atoms with Crippen molar-refractivity contribution >= 4 is 6.08 Å². The van der Waals surface area contributed by atoms with Crippen molar-refractivity contribution in [3.8, 4) is 11.1 Å². The normalized spacial score (nSPS) is 15.6. The summed E-state index contributed by atoms with van der Waals surface area (Å²) in [6, 6.07) is 21.6. The van der Waals surface area contributed by atoms with Gasteiger partial charge in [0.25, 0.3) is 0 Å². The minimum atomic E-state index is 0.265. The van der Waals surface area contributed by atoms with E-state index in [0.29, 0.717) is 0 Å². The molecule has 1 aliphatic rings. The molecule has 1 unspecified atom stereocenters. The molecule has 1 aliphatic carbocycles. The van der Waals surface area contributed by atoms with Gasteiger partial charge in [-0.15, -0.1) is 0 Å². The summed E-state index contributed by atoms with van der Waals surface area (Å²) in [4.78, 5) is 4.53. The molecule has 1 heteroatoms. The Morgan fingerprint density at radius 3 is 2.52 bits per heavy atom. The van der Waals surface area contributed by atoms with Crippen LogP contribution in [0.5, 0.6) is 0 Å². The molecule has 4 rings (SSSR count). The van der Waals surface area contributed by atoms with Gasteiger partial charge in [-0.25, -0.2) is 0 Å². The molecule has 2 aromatic carbocycles. The molecule has 0 aliphatic heterocycles. The summed E-state index contributed by atoms with van der Waals surface area (Å²) < 4.78 is 0. The van der Waals surface area contributed by atoms with Crippen LogP contribution in [0.4, 0.5) is 0 Å². The number of pyridine rings is 1. The molecular weight excluding hydrogens is 278 g/mol. The molecule has 3 aromatic rings. The van der Waals surface area contributed by atoms with Crippen LogP contribution >= 0.6 is 0 Å². The molecule has 0 N–H and O–H groups in total. The van der Waals surface area contributed by atoms with Crippen LogP contribution in [-0.4, -0.2) is 4.98 Å². The zero-order valence-corrected chi connectivity index (χ0v) is 13.2. The summed E-state index contributed by atoms with van der Waals surface area (Å²) in [5.74, 6) is 0.265. The number of nitrogens with zero attached hydrogens (tertiary/aromatic N) is 1. The fraction of sp³-hybridized carbons (Fsp3) is 0.136. The highest BCUT2D eigenvalue weighted by molar-refractivity contribution is 5.81. The highest BCUT2D eigenvalue weighted by atomic mass is 14.7. The van der Waals surface area contributed by atoms with E-state index in [9.17, 15) is 0 Å². The number of hydrogen-bond acceptors (Lipinski definition) is 1. The van der Waals surface area contributed by atoms with Gasteiger partial charge in [0.15, 0.2) is 0 Å². The molecule has 0 saturated carbocycles. The van der Waals surface area contributed by atoms with Crippen molar-refractivity contribution in [2.24, 2.45) is 0 Å². The van der Waals surface area contributed by atoms with E-state index in [0.717, 1.165) is 12.1 Å². The number of allylic oxidation sites excluding steroid dienone is 1. The summed E-state index contributed by atoms with van der Waals surface area (Å²) in [5.41, 5.74) is 7.75. The van der Waals surface area contributed by atoms with Gasteiger partial charge in [-0.05, 0) is 46.4 Å². The fourth-order valence-electron chi connectivity index (χ4n) is 3.33. The van der Waals surface area contributed by atoms with E-state index in [-0.39, 0.29) is 5.92 Å². The van der Waals surface area contributed by atoms with Gasteiger partial charge >= 0.3 is 0 Å². The van der Waals surface area contributed by atoms with Crippen LogP contribution in [0.2, 0.25) is 0 Å². The first-order valence-electron chi connectivity index (χ1n) is 8.18. The Labute approximate surface area is 137 Å². The molecule has 0 radical (unpaired) electrons. The van der Waals surface area contributed by atoms with Crippen molar-refractivity contribution < 1.29 is 0 Å². The maximum absolute atomic E-state index is 4.53. The van der Waals surface area contributed by atoms with Gasteiger partial charge in [0, 0.05) is 12.1 Å². The monoisotopic (exact) mass is 297 g/mol. The van der Waals surface area contributed by atoms with E-state index in [2.05, 4.69) is 78.7 Å². The van der Waals surface area contributed by atoms with E-state index in [4.69, 9.17) is 0 Å². The minimum Gasteiger partial charge on any atom is -0.260 e. The van der Waals surface area contributed by atoms with E-state index < -0.39 is 0 Å². The largest absolute Gasteiger partial charge is 0.260 e. The number of hydrogen-bond donors (Lipinski definition) is 0. The van der Waals surface area contributed by atoms with Crippen LogP contribution in [-0.2, 0) is 6.42 Å². The lowest BCUT2D eigenvalue weighted by atomic mass is 9.92. The Balaban J connectivity index is 1.78. The molecule has 0 fully saturated rings. The molecule has 23 heavy (non-hydrogen) atoms. The number of benzene rings is 2. The second-order valence-electron chi connectivity index (χ2n) is 5.95. The van der Waals surface area contributed by atoms with Crippen molar-refractivity contribution in [3.63, 3.8) is 0 Å². The first kappa shape index (κ1) is 14.0. The lowest BCUT2D eigenvalue weighted by Gasteiger charge is -2.13. The molecule has 0 amide bonds. The first-order valence-corrected chi connectivity index (χ1v) is 8.18. The maximum Gasteiger partial charge on any atom is 0.0516 e. The third-order valence-electron chi connectivity index (χ3n) is 4.61. The summed E-state index contributed by atoms with van der Waals surface area (Å²) in [7, 11) is 0. The maximum atomic E-state index is 4.53. The predicted octanol–water partition coefficient (Wildman–Crippen LogP) is 5.47. The van der Waals surface area contributed by atoms with Crippen molar-refractivity contribution in [1.29, 1.82) is 0 Å². The molecule has 0 spiro atoms. The van der Waals surface area contributed by atoms with Gasteiger partial charge in [0.05, 0.1) is 5.69 Å². The van der Waals surface area contributed by atoms with Gasteiger partial charge in [0.2, 0.25) is 0 Å². The molecule has 1 aromatic heterocycles. The summed E-state index contributed by atoms with van der Waals surface area (Å²) in [5, 5.41) is 0. The summed E-state index contributed by atoms with van der Waals surface area (Å²) >= 11 is 0. The van der Waals surface area contributed by atoms with Crippen molar-refractivity contribution in [2.45, 2.75) is 19.3 Å². The van der Waals surface area contributed by atoms with E-state index in [1.54, 1.807) is 0 Å². The smallest absolute Gasteiger partial charge is 0.0516 e. The number of aryl methyl sites for hydroxylation is 1. The Kier molecular flexibility index (Phi) is 3.55. The van der Waals surface area contributed by atoms with Crippen LogP contribution in [0.15, 0.2) is 72.9 Å². The van der Waals surface area contributed by atoms with Crippen LogP contribution in [0.3, 0.4) is 0 Å². The Bertz CT molecular complexity index is 845. The topological polar surface area (TPSA) is 12.9 Å². The summed E-state index contributed by atoms with van der Waals surface area (Å²) in [6.45, 7) is 2.19. The molecule has 1 heterocycles. The standard InChI is InChI=1S/C22H19N/c1-2-16-9-11-17(12-10-16)18-6-5-7-19-20(18)13-14-21(19)22-8-3-4-15-23-22/h3-15,21H,2H2,1H3. The van der Waals surface area contributed by atoms with E-state index in [1.165, 1.54) is 27.8 Å². The molecular formula is C22H19N. The predicted molar refractivity (Wildman–Crippen MR) is 96.4 cm³/mol. The molecule has 1 atom stereocenters. The lowest BCUT2D eigenvalue weighted by Crippen LogP contribution is -1.98. The van der Waals surface area contributed by atoms with Gasteiger partial charge in [-0.1, -0.05) is 67.6 Å². The quantitative estimate of drug-likeness (QED) is 0.624. The average molecular weight is 297 g/mol. The van der Waals surface area contributed by atoms with E-state index in [1.807, 2.05) is 12.3 Å². The number of fused-ring (bicyclic) bond motifs is 1. The molecule has 112 valence electrons. The lowest BCUT2D eigenvalue weighted by molar-refractivity contribution is 0.972. The molecule has 0 bridgehead atoms. The van der Waals surface area contributed by atoms with Gasteiger partial charge in [-0.2, -0.15) is 0 Å².